The largest absolute Gasteiger partial charge is 0.218 e. The fourth-order valence-corrected chi connectivity index (χ4v) is 5.21. The molecule has 1 aliphatic heterocycles. The third kappa shape index (κ3) is 1.29. The molecule has 0 amide bonds. The lowest BCUT2D eigenvalue weighted by Gasteiger charge is -2.28. The summed E-state index contributed by atoms with van der Waals surface area (Å²) in [6, 6.07) is 13.3. The van der Waals surface area contributed by atoms with Gasteiger partial charge in [0.05, 0.1) is 9.79 Å². The second kappa shape index (κ2) is 3.28. The molecule has 1 fully saturated rings. The molecule has 2 aromatic carbocycles. The van der Waals surface area contributed by atoms with E-state index in [0.29, 0.717) is 9.79 Å². The van der Waals surface area contributed by atoms with Gasteiger partial charge in [0.15, 0.2) is 0 Å². The molecule has 0 saturated heterocycles. The molecule has 4 rings (SSSR count). The van der Waals surface area contributed by atoms with E-state index in [1.807, 2.05) is 43.3 Å². The third-order valence-corrected chi connectivity index (χ3v) is 6.24. The van der Waals surface area contributed by atoms with Crippen LogP contribution in [-0.2, 0) is 15.3 Å². The Hall–Kier alpha value is -1.61. The maximum Gasteiger partial charge on any atom is 0.207 e. The van der Waals surface area contributed by atoms with Crippen molar-refractivity contribution < 1.29 is 8.42 Å². The van der Waals surface area contributed by atoms with Crippen LogP contribution in [-0.4, -0.2) is 8.42 Å². The van der Waals surface area contributed by atoms with Gasteiger partial charge in [0.2, 0.25) is 9.84 Å². The van der Waals surface area contributed by atoms with Crippen molar-refractivity contribution in [1.29, 1.82) is 0 Å². The lowest BCUT2D eigenvalue weighted by Crippen LogP contribution is -2.23. The predicted molar refractivity (Wildman–Crippen MR) is 73.1 cm³/mol. The zero-order chi connectivity index (χ0) is 13.3. The van der Waals surface area contributed by atoms with Crippen LogP contribution < -0.4 is 0 Å². The van der Waals surface area contributed by atoms with Crippen LogP contribution >= 0.6 is 0 Å². The minimum absolute atomic E-state index is 0.0368. The average Bonchev–Trinajstić information content (AvgIpc) is 3.19. The minimum atomic E-state index is -3.35. The van der Waals surface area contributed by atoms with Gasteiger partial charge in [0, 0.05) is 5.41 Å². The molecule has 1 aliphatic carbocycles. The van der Waals surface area contributed by atoms with Crippen LogP contribution in [0.25, 0.3) is 0 Å². The van der Waals surface area contributed by atoms with Crippen molar-refractivity contribution >= 4 is 9.84 Å². The van der Waals surface area contributed by atoms with Crippen molar-refractivity contribution in [2.24, 2.45) is 0 Å². The smallest absolute Gasteiger partial charge is 0.207 e. The summed E-state index contributed by atoms with van der Waals surface area (Å²) in [6.07, 6.45) is 2.10. The van der Waals surface area contributed by atoms with Gasteiger partial charge in [0.25, 0.3) is 0 Å². The monoisotopic (exact) mass is 270 g/mol. The van der Waals surface area contributed by atoms with Crippen LogP contribution in [0, 0.1) is 6.92 Å². The van der Waals surface area contributed by atoms with Crippen LogP contribution in [0.3, 0.4) is 0 Å². The first-order chi connectivity index (χ1) is 9.06. The molecule has 0 bridgehead atoms. The van der Waals surface area contributed by atoms with Gasteiger partial charge in [-0.1, -0.05) is 30.3 Å². The summed E-state index contributed by atoms with van der Waals surface area (Å²) in [5, 5.41) is 0. The predicted octanol–water partition coefficient (Wildman–Crippen LogP) is 3.22. The molecule has 0 atom stereocenters. The molecule has 2 aliphatic rings. The molecule has 0 unspecified atom stereocenters. The van der Waals surface area contributed by atoms with Crippen molar-refractivity contribution in [2.45, 2.75) is 35.0 Å². The van der Waals surface area contributed by atoms with Gasteiger partial charge >= 0.3 is 0 Å². The Bertz CT molecular complexity index is 799. The number of rotatable bonds is 0. The molecule has 0 radical (unpaired) electrons. The highest BCUT2D eigenvalue weighted by Crippen LogP contribution is 2.59. The number of fused-ring (bicyclic) bond motifs is 4. The van der Waals surface area contributed by atoms with Gasteiger partial charge in [-0.05, 0) is 48.6 Å². The average molecular weight is 270 g/mol. The molecule has 2 aromatic rings. The third-order valence-electron chi connectivity index (χ3n) is 4.38. The first-order valence-corrected chi connectivity index (χ1v) is 8.00. The van der Waals surface area contributed by atoms with E-state index in [0.717, 1.165) is 29.5 Å². The van der Waals surface area contributed by atoms with Crippen molar-refractivity contribution in [3.8, 4) is 0 Å². The summed E-state index contributed by atoms with van der Waals surface area (Å²) < 4.78 is 25.5. The molecule has 0 N–H and O–H groups in total. The number of hydrogen-bond acceptors (Lipinski definition) is 2. The van der Waals surface area contributed by atoms with E-state index >= 15 is 0 Å². The van der Waals surface area contributed by atoms with Gasteiger partial charge in [-0.3, -0.25) is 0 Å². The fourth-order valence-electron chi connectivity index (χ4n) is 3.27. The first kappa shape index (κ1) is 11.2. The lowest BCUT2D eigenvalue weighted by molar-refractivity contribution is 0.584. The topological polar surface area (TPSA) is 34.1 Å². The van der Waals surface area contributed by atoms with Crippen LogP contribution in [0.2, 0.25) is 0 Å². The second-order valence-corrected chi connectivity index (χ2v) is 7.47. The zero-order valence-electron chi connectivity index (χ0n) is 10.7. The van der Waals surface area contributed by atoms with Crippen molar-refractivity contribution in [2.75, 3.05) is 0 Å². The highest BCUT2D eigenvalue weighted by Gasteiger charge is 2.53. The van der Waals surface area contributed by atoms with Crippen LogP contribution in [0.1, 0.15) is 29.5 Å². The standard InChI is InChI=1S/C16H14O2S/c1-11-6-7-13-15(10-11)19(17,18)14-5-3-2-4-12(14)16(13)8-9-16/h2-7,10H,8-9H2,1H3. The highest BCUT2D eigenvalue weighted by molar-refractivity contribution is 7.91. The number of aryl methyl sites for hydroxylation is 1. The Kier molecular flexibility index (Phi) is 1.94. The number of benzene rings is 2. The summed E-state index contributed by atoms with van der Waals surface area (Å²) in [5.41, 5.74) is 2.95. The summed E-state index contributed by atoms with van der Waals surface area (Å²) in [7, 11) is -3.35. The Morgan fingerprint density at radius 3 is 2.37 bits per heavy atom. The normalized spacial score (nSPS) is 20.7. The van der Waals surface area contributed by atoms with Gasteiger partial charge in [0.1, 0.15) is 0 Å². The molecule has 3 heteroatoms. The van der Waals surface area contributed by atoms with Gasteiger partial charge < -0.3 is 0 Å². The molecule has 2 nitrogen and oxygen atoms in total. The molecular formula is C16H14O2S. The van der Waals surface area contributed by atoms with E-state index in [4.69, 9.17) is 0 Å². The zero-order valence-corrected chi connectivity index (χ0v) is 11.5. The highest BCUT2D eigenvalue weighted by atomic mass is 32.2. The van der Waals surface area contributed by atoms with E-state index < -0.39 is 9.84 Å². The van der Waals surface area contributed by atoms with Crippen LogP contribution in [0.15, 0.2) is 52.3 Å². The number of sulfone groups is 1. The summed E-state index contributed by atoms with van der Waals surface area (Å²) >= 11 is 0. The Balaban J connectivity index is 2.16. The van der Waals surface area contributed by atoms with E-state index in [-0.39, 0.29) is 5.41 Å². The van der Waals surface area contributed by atoms with Crippen LogP contribution in [0.4, 0.5) is 0 Å². The Labute approximate surface area is 113 Å². The molecule has 1 heterocycles. The van der Waals surface area contributed by atoms with Crippen molar-refractivity contribution in [3.05, 3.63) is 59.2 Å². The van der Waals surface area contributed by atoms with Crippen molar-refractivity contribution in [3.63, 3.8) is 0 Å². The fraction of sp³-hybridized carbons (Fsp3) is 0.250. The summed E-state index contributed by atoms with van der Waals surface area (Å²) in [5.74, 6) is 0. The van der Waals surface area contributed by atoms with E-state index in [1.54, 1.807) is 6.07 Å². The van der Waals surface area contributed by atoms with Gasteiger partial charge in [-0.2, -0.15) is 0 Å². The maximum atomic E-state index is 12.8. The van der Waals surface area contributed by atoms with Gasteiger partial charge in [-0.25, -0.2) is 8.42 Å². The van der Waals surface area contributed by atoms with E-state index in [9.17, 15) is 8.42 Å². The summed E-state index contributed by atoms with van der Waals surface area (Å²) in [6.45, 7) is 1.94. The summed E-state index contributed by atoms with van der Waals surface area (Å²) in [4.78, 5) is 1.02. The molecule has 1 spiro atoms. The van der Waals surface area contributed by atoms with Crippen LogP contribution in [0.5, 0.6) is 0 Å². The maximum absolute atomic E-state index is 12.8. The Morgan fingerprint density at radius 1 is 0.947 bits per heavy atom. The Morgan fingerprint density at radius 2 is 1.63 bits per heavy atom. The number of hydrogen-bond donors (Lipinski definition) is 0. The van der Waals surface area contributed by atoms with E-state index in [1.165, 1.54) is 0 Å². The molecule has 96 valence electrons. The van der Waals surface area contributed by atoms with Crippen molar-refractivity contribution in [1.82, 2.24) is 0 Å². The van der Waals surface area contributed by atoms with E-state index in [2.05, 4.69) is 0 Å². The van der Waals surface area contributed by atoms with Gasteiger partial charge in [-0.15, -0.1) is 0 Å². The SMILES string of the molecule is Cc1ccc2c(c1)S(=O)(=O)c1ccccc1C21CC1. The second-order valence-electron chi connectivity index (χ2n) is 5.58. The molecule has 1 saturated carbocycles. The lowest BCUT2D eigenvalue weighted by atomic mass is 9.87. The minimum Gasteiger partial charge on any atom is -0.218 e. The first-order valence-electron chi connectivity index (χ1n) is 6.51. The molecular weight excluding hydrogens is 256 g/mol. The molecule has 0 aromatic heterocycles. The quantitative estimate of drug-likeness (QED) is 0.736. The molecule has 19 heavy (non-hydrogen) atoms.